The smallest absolute Gasteiger partial charge is 0.433 e. The van der Waals surface area contributed by atoms with Gasteiger partial charge in [0, 0.05) is 37.6 Å². The molecule has 2 aromatic carbocycles. The van der Waals surface area contributed by atoms with E-state index < -0.39 is 19.9 Å². The Balaban J connectivity index is 1.68. The van der Waals surface area contributed by atoms with Crippen LogP contribution in [0, 0.1) is 0 Å². The van der Waals surface area contributed by atoms with Crippen molar-refractivity contribution in [1.82, 2.24) is 14.5 Å². The number of benzene rings is 2. The summed E-state index contributed by atoms with van der Waals surface area (Å²) in [7, 11) is -1.41. The molecule has 0 atom stereocenters. The van der Waals surface area contributed by atoms with Gasteiger partial charge in [0.15, 0.2) is 5.69 Å². The summed E-state index contributed by atoms with van der Waals surface area (Å²) in [5.74, 6) is 0.955. The molecule has 0 aliphatic heterocycles. The number of hydrogen-bond donors (Lipinski definition) is 0. The van der Waals surface area contributed by atoms with Crippen LogP contribution in [0.4, 0.5) is 13.2 Å². The molecule has 0 saturated heterocycles. The average molecular weight is 568 g/mol. The fourth-order valence-electron chi connectivity index (χ4n) is 4.17. The molecule has 0 aliphatic carbocycles. The maximum absolute atomic E-state index is 14.5. The molecule has 0 unspecified atom stereocenters. The molecule has 0 bridgehead atoms. The number of halogens is 3. The Kier molecular flexibility index (Phi) is 9.47. The average Bonchev–Trinajstić information content (AvgIpc) is 3.32. The van der Waals surface area contributed by atoms with Crippen molar-refractivity contribution in [2.45, 2.75) is 58.4 Å². The molecule has 2 heterocycles. The van der Waals surface area contributed by atoms with Crippen LogP contribution in [0.2, 0.25) is 25.7 Å². The van der Waals surface area contributed by atoms with Crippen molar-refractivity contribution in [3.63, 3.8) is 0 Å². The molecular weight excluding hydrogens is 531 g/mol. The van der Waals surface area contributed by atoms with Crippen LogP contribution < -0.4 is 4.74 Å². The van der Waals surface area contributed by atoms with Gasteiger partial charge >= 0.3 is 6.18 Å². The normalized spacial score (nSPS) is 12.1. The zero-order valence-corrected chi connectivity index (χ0v) is 24.5. The molecule has 0 amide bonds. The highest BCUT2D eigenvalue weighted by molar-refractivity contribution is 6.76. The fourth-order valence-corrected chi connectivity index (χ4v) is 4.93. The molecular formula is C31H36F3N3O2Si. The quantitative estimate of drug-likeness (QED) is 0.127. The summed E-state index contributed by atoms with van der Waals surface area (Å²) in [6.45, 7) is 9.52. The second-order valence-electron chi connectivity index (χ2n) is 10.9. The summed E-state index contributed by atoms with van der Waals surface area (Å²) >= 11 is 0. The first kappa shape index (κ1) is 29.5. The number of imidazole rings is 1. The molecule has 0 fully saturated rings. The van der Waals surface area contributed by atoms with Gasteiger partial charge in [0.05, 0.1) is 12.3 Å². The predicted molar refractivity (Wildman–Crippen MR) is 156 cm³/mol. The second-order valence-corrected chi connectivity index (χ2v) is 16.6. The number of rotatable bonds is 12. The molecule has 2 aromatic heterocycles. The first-order chi connectivity index (χ1) is 19.1. The van der Waals surface area contributed by atoms with E-state index in [0.717, 1.165) is 34.8 Å². The Morgan fingerprint density at radius 3 is 2.15 bits per heavy atom. The van der Waals surface area contributed by atoms with Crippen molar-refractivity contribution < 1.29 is 22.6 Å². The van der Waals surface area contributed by atoms with E-state index >= 15 is 0 Å². The summed E-state index contributed by atoms with van der Waals surface area (Å²) in [5.41, 5.74) is 1.50. The molecule has 0 spiro atoms. The van der Waals surface area contributed by atoms with Crippen LogP contribution in [0.15, 0.2) is 72.9 Å². The van der Waals surface area contributed by atoms with E-state index in [4.69, 9.17) is 9.47 Å². The lowest BCUT2D eigenvalue weighted by molar-refractivity contribution is -0.145. The van der Waals surface area contributed by atoms with Gasteiger partial charge in [0.25, 0.3) is 0 Å². The minimum absolute atomic E-state index is 0.125. The molecule has 4 rings (SSSR count). The van der Waals surface area contributed by atoms with Crippen molar-refractivity contribution in [3.8, 4) is 39.7 Å². The lowest BCUT2D eigenvalue weighted by atomic mass is 10.1. The van der Waals surface area contributed by atoms with Crippen LogP contribution in [-0.2, 0) is 17.6 Å². The van der Waals surface area contributed by atoms with Gasteiger partial charge in [-0.15, -0.1) is 0 Å². The van der Waals surface area contributed by atoms with Crippen LogP contribution in [-0.4, -0.2) is 35.8 Å². The largest absolute Gasteiger partial charge is 0.494 e. The molecule has 4 aromatic rings. The van der Waals surface area contributed by atoms with E-state index in [9.17, 15) is 13.2 Å². The first-order valence-corrected chi connectivity index (χ1v) is 17.3. The van der Waals surface area contributed by atoms with Gasteiger partial charge in [0.1, 0.15) is 24.0 Å². The predicted octanol–water partition coefficient (Wildman–Crippen LogP) is 8.79. The van der Waals surface area contributed by atoms with E-state index in [1.54, 1.807) is 48.7 Å². The van der Waals surface area contributed by atoms with Gasteiger partial charge in [-0.25, -0.2) is 4.98 Å². The third-order valence-corrected chi connectivity index (χ3v) is 8.14. The second kappa shape index (κ2) is 12.8. The highest BCUT2D eigenvalue weighted by Gasteiger charge is 2.40. The number of hydrogen-bond acceptors (Lipinski definition) is 4. The van der Waals surface area contributed by atoms with E-state index in [0.29, 0.717) is 30.0 Å². The van der Waals surface area contributed by atoms with E-state index in [-0.39, 0.29) is 18.2 Å². The molecule has 0 radical (unpaired) electrons. The Morgan fingerprint density at radius 2 is 1.55 bits per heavy atom. The third-order valence-electron chi connectivity index (χ3n) is 6.44. The van der Waals surface area contributed by atoms with Gasteiger partial charge in [-0.2, -0.15) is 13.2 Å². The topological polar surface area (TPSA) is 49.2 Å². The molecule has 9 heteroatoms. The molecule has 0 N–H and O–H groups in total. The molecule has 5 nitrogen and oxygen atoms in total. The molecule has 0 saturated carbocycles. The van der Waals surface area contributed by atoms with Crippen molar-refractivity contribution in [1.29, 1.82) is 0 Å². The van der Waals surface area contributed by atoms with Gasteiger partial charge in [-0.3, -0.25) is 9.55 Å². The first-order valence-electron chi connectivity index (χ1n) is 13.6. The van der Waals surface area contributed by atoms with E-state index in [1.807, 2.05) is 24.3 Å². The van der Waals surface area contributed by atoms with Crippen LogP contribution in [0.3, 0.4) is 0 Å². The lowest BCUT2D eigenvalue weighted by Gasteiger charge is -2.18. The van der Waals surface area contributed by atoms with Crippen LogP contribution in [0.1, 0.15) is 25.5 Å². The number of pyridine rings is 1. The SMILES string of the molecule is CCCCOc1ccc(-c2ccc(-c3nc(-c4ccccc4)c(C(F)(F)F)n3COCC[Si](C)(C)C)cn2)cc1. The minimum Gasteiger partial charge on any atom is -0.494 e. The van der Waals surface area contributed by atoms with Gasteiger partial charge < -0.3 is 9.47 Å². The monoisotopic (exact) mass is 567 g/mol. The van der Waals surface area contributed by atoms with Gasteiger partial charge in [-0.1, -0.05) is 63.3 Å². The van der Waals surface area contributed by atoms with E-state index in [1.165, 1.54) is 0 Å². The maximum atomic E-state index is 14.5. The highest BCUT2D eigenvalue weighted by atomic mass is 28.3. The van der Waals surface area contributed by atoms with Crippen molar-refractivity contribution in [2.24, 2.45) is 0 Å². The number of nitrogens with zero attached hydrogens (tertiary/aromatic N) is 3. The number of ether oxygens (including phenoxy) is 2. The van der Waals surface area contributed by atoms with Crippen LogP contribution in [0.5, 0.6) is 5.75 Å². The Labute approximate surface area is 235 Å². The maximum Gasteiger partial charge on any atom is 0.433 e. The van der Waals surface area contributed by atoms with Crippen LogP contribution >= 0.6 is 0 Å². The van der Waals surface area contributed by atoms with Crippen molar-refractivity contribution >= 4 is 8.07 Å². The number of aromatic nitrogens is 3. The summed E-state index contributed by atoms with van der Waals surface area (Å²) in [4.78, 5) is 9.07. The van der Waals surface area contributed by atoms with Crippen molar-refractivity contribution in [3.05, 3.63) is 78.6 Å². The Hall–Kier alpha value is -3.43. The lowest BCUT2D eigenvalue weighted by Crippen LogP contribution is -2.23. The summed E-state index contributed by atoms with van der Waals surface area (Å²) in [6.07, 6.45) is -1.01. The summed E-state index contributed by atoms with van der Waals surface area (Å²) < 4.78 is 56.2. The number of unbranched alkanes of at least 4 members (excludes halogenated alkanes) is 1. The summed E-state index contributed by atoms with van der Waals surface area (Å²) in [6, 6.07) is 20.5. The standard InChI is InChI=1S/C31H36F3N3O2Si/c1-5-6-18-39-26-15-12-23(13-16-26)27-17-14-25(21-35-27)30-36-28(24-10-8-7-9-11-24)29(31(32,33)34)37(30)22-38-19-20-40(2,3)4/h7-17,21H,5-6,18-20,22H2,1-4H3. The van der Waals surface area contributed by atoms with Gasteiger partial charge in [-0.05, 0) is 48.9 Å². The number of alkyl halides is 3. The zero-order chi connectivity index (χ0) is 28.8. The Morgan fingerprint density at radius 1 is 0.850 bits per heavy atom. The third kappa shape index (κ3) is 7.60. The molecule has 212 valence electrons. The zero-order valence-electron chi connectivity index (χ0n) is 23.5. The summed E-state index contributed by atoms with van der Waals surface area (Å²) in [5, 5.41) is 0. The Bertz CT molecular complexity index is 1360. The highest BCUT2D eigenvalue weighted by Crippen LogP contribution is 2.40. The molecule has 0 aliphatic rings. The molecule has 40 heavy (non-hydrogen) atoms. The fraction of sp³-hybridized carbons (Fsp3) is 0.355. The van der Waals surface area contributed by atoms with E-state index in [2.05, 4.69) is 36.5 Å². The van der Waals surface area contributed by atoms with Crippen molar-refractivity contribution in [2.75, 3.05) is 13.2 Å². The van der Waals surface area contributed by atoms with Crippen LogP contribution in [0.25, 0.3) is 33.9 Å². The van der Waals surface area contributed by atoms with Gasteiger partial charge in [0.2, 0.25) is 0 Å². The minimum atomic E-state index is -4.63.